The summed E-state index contributed by atoms with van der Waals surface area (Å²) in [4.78, 5) is 17.2. The van der Waals surface area contributed by atoms with Gasteiger partial charge in [-0.1, -0.05) is 11.6 Å². The maximum absolute atomic E-state index is 12.6. The molecule has 26 heavy (non-hydrogen) atoms. The minimum absolute atomic E-state index is 0.0121. The fourth-order valence-corrected chi connectivity index (χ4v) is 4.23. The average Bonchev–Trinajstić information content (AvgIpc) is 2.66. The van der Waals surface area contributed by atoms with E-state index in [9.17, 15) is 10.1 Å². The van der Waals surface area contributed by atoms with Crippen molar-refractivity contribution in [2.75, 3.05) is 22.9 Å². The van der Waals surface area contributed by atoms with Crippen molar-refractivity contribution in [3.63, 3.8) is 0 Å². The van der Waals surface area contributed by atoms with Crippen molar-refractivity contribution >= 4 is 51.3 Å². The number of fused-ring (bicyclic) bond motifs is 3. The van der Waals surface area contributed by atoms with Crippen molar-refractivity contribution in [1.29, 1.82) is 5.26 Å². The number of nitriles is 1. The molecule has 0 amide bonds. The zero-order valence-electron chi connectivity index (χ0n) is 13.8. The first-order valence-electron chi connectivity index (χ1n) is 7.95. The van der Waals surface area contributed by atoms with Gasteiger partial charge in [0, 0.05) is 36.6 Å². The number of thioether (sulfide) groups is 1. The molecule has 2 aromatic heterocycles. The van der Waals surface area contributed by atoms with Crippen LogP contribution in [0.1, 0.15) is 5.56 Å². The predicted molar refractivity (Wildman–Crippen MR) is 106 cm³/mol. The zero-order valence-corrected chi connectivity index (χ0v) is 15.4. The lowest BCUT2D eigenvalue weighted by Crippen LogP contribution is -2.24. The summed E-state index contributed by atoms with van der Waals surface area (Å²) >= 11 is 7.58. The molecule has 1 aromatic carbocycles. The maximum Gasteiger partial charge on any atom is 0.266 e. The molecule has 3 heterocycles. The number of hydrogen-bond acceptors (Lipinski definition) is 6. The summed E-state index contributed by atoms with van der Waals surface area (Å²) in [6.45, 7) is 0.816. The number of pyridine rings is 2. The summed E-state index contributed by atoms with van der Waals surface area (Å²) in [6, 6.07) is 9.52. The molecule has 0 unspecified atom stereocenters. The van der Waals surface area contributed by atoms with E-state index in [0.717, 1.165) is 39.5 Å². The second-order valence-corrected chi connectivity index (χ2v) is 7.30. The molecular formula is C18H14ClN5OS. The van der Waals surface area contributed by atoms with Crippen LogP contribution in [-0.2, 0) is 7.05 Å². The van der Waals surface area contributed by atoms with Gasteiger partial charge in [0.2, 0.25) is 0 Å². The maximum atomic E-state index is 12.6. The van der Waals surface area contributed by atoms with Gasteiger partial charge >= 0.3 is 0 Å². The van der Waals surface area contributed by atoms with Gasteiger partial charge in [-0.15, -0.1) is 11.8 Å². The number of halogens is 1. The molecule has 8 heteroatoms. The van der Waals surface area contributed by atoms with Gasteiger partial charge < -0.3 is 15.2 Å². The largest absolute Gasteiger partial charge is 0.383 e. The van der Waals surface area contributed by atoms with Crippen LogP contribution in [0.2, 0.25) is 5.15 Å². The second-order valence-electron chi connectivity index (χ2n) is 5.84. The molecule has 130 valence electrons. The molecule has 0 bridgehead atoms. The Morgan fingerprint density at radius 2 is 2.27 bits per heavy atom. The van der Waals surface area contributed by atoms with Crippen LogP contribution in [0.15, 0.2) is 40.2 Å². The highest BCUT2D eigenvalue weighted by atomic mass is 35.5. The third kappa shape index (κ3) is 2.68. The molecule has 0 fully saturated rings. The molecule has 3 aromatic rings. The first kappa shape index (κ1) is 16.8. The first-order valence-corrected chi connectivity index (χ1v) is 9.31. The molecule has 1 aliphatic heterocycles. The van der Waals surface area contributed by atoms with Gasteiger partial charge in [-0.2, -0.15) is 5.26 Å². The van der Waals surface area contributed by atoms with Gasteiger partial charge in [-0.05, 0) is 24.3 Å². The van der Waals surface area contributed by atoms with E-state index < -0.39 is 0 Å². The number of benzene rings is 1. The molecule has 0 aliphatic carbocycles. The number of anilines is 3. The van der Waals surface area contributed by atoms with E-state index in [2.05, 4.69) is 21.7 Å². The molecule has 0 spiro atoms. The van der Waals surface area contributed by atoms with E-state index in [1.165, 1.54) is 0 Å². The molecule has 0 saturated carbocycles. The van der Waals surface area contributed by atoms with Crippen LogP contribution in [0, 0.1) is 11.3 Å². The summed E-state index contributed by atoms with van der Waals surface area (Å²) in [5.41, 5.74) is 3.42. The number of aryl methyl sites for hydroxylation is 1. The Balaban J connectivity index is 1.87. The zero-order chi connectivity index (χ0) is 18.3. The average molecular weight is 384 g/mol. The molecule has 0 atom stereocenters. The highest BCUT2D eigenvalue weighted by molar-refractivity contribution is 7.99. The SMILES string of the molecule is Cn1c(=O)c2c(c3cc(Nc4ccnc(Cl)c4C#N)ccc31)NCCS2. The molecule has 6 nitrogen and oxygen atoms in total. The Morgan fingerprint density at radius 1 is 1.42 bits per heavy atom. The summed E-state index contributed by atoms with van der Waals surface area (Å²) in [6.07, 6.45) is 1.55. The van der Waals surface area contributed by atoms with Crippen molar-refractivity contribution in [2.45, 2.75) is 4.90 Å². The van der Waals surface area contributed by atoms with Gasteiger partial charge in [0.15, 0.2) is 0 Å². The summed E-state index contributed by atoms with van der Waals surface area (Å²) < 4.78 is 1.67. The Morgan fingerprint density at radius 3 is 3.08 bits per heavy atom. The summed E-state index contributed by atoms with van der Waals surface area (Å²) in [5, 5.41) is 17.0. The fourth-order valence-electron chi connectivity index (χ4n) is 3.04. The summed E-state index contributed by atoms with van der Waals surface area (Å²) in [7, 11) is 1.78. The van der Waals surface area contributed by atoms with Crippen molar-refractivity contribution in [3.05, 3.63) is 51.5 Å². The van der Waals surface area contributed by atoms with Crippen LogP contribution in [0.5, 0.6) is 0 Å². The van der Waals surface area contributed by atoms with Gasteiger partial charge in [0.1, 0.15) is 16.8 Å². The minimum Gasteiger partial charge on any atom is -0.383 e. The molecule has 0 radical (unpaired) electrons. The van der Waals surface area contributed by atoms with Crippen molar-refractivity contribution < 1.29 is 0 Å². The second kappa shape index (κ2) is 6.56. The van der Waals surface area contributed by atoms with E-state index in [1.807, 2.05) is 18.2 Å². The van der Waals surface area contributed by atoms with Crippen LogP contribution in [0.3, 0.4) is 0 Å². The highest BCUT2D eigenvalue weighted by Gasteiger charge is 2.19. The van der Waals surface area contributed by atoms with Crippen molar-refractivity contribution in [2.24, 2.45) is 7.05 Å². The molecule has 4 rings (SSSR count). The van der Waals surface area contributed by atoms with Gasteiger partial charge in [0.05, 0.1) is 21.8 Å². The summed E-state index contributed by atoms with van der Waals surface area (Å²) in [5.74, 6) is 0.868. The van der Waals surface area contributed by atoms with Crippen LogP contribution in [0.25, 0.3) is 10.9 Å². The molecule has 0 saturated heterocycles. The molecule has 2 N–H and O–H groups in total. The van der Waals surface area contributed by atoms with E-state index in [0.29, 0.717) is 11.3 Å². The lowest BCUT2D eigenvalue weighted by molar-refractivity contribution is 0.873. The Kier molecular flexibility index (Phi) is 4.23. The number of hydrogen-bond donors (Lipinski definition) is 2. The van der Waals surface area contributed by atoms with Crippen LogP contribution < -0.4 is 16.2 Å². The highest BCUT2D eigenvalue weighted by Crippen LogP contribution is 2.36. The van der Waals surface area contributed by atoms with E-state index in [4.69, 9.17) is 11.6 Å². The van der Waals surface area contributed by atoms with Crippen molar-refractivity contribution in [1.82, 2.24) is 9.55 Å². The van der Waals surface area contributed by atoms with Crippen LogP contribution in [0.4, 0.5) is 17.1 Å². The Hall–Kier alpha value is -2.69. The predicted octanol–water partition coefficient (Wildman–Crippen LogP) is 3.72. The third-order valence-corrected chi connectivity index (χ3v) is 5.66. The third-order valence-electron chi connectivity index (χ3n) is 4.30. The normalized spacial score (nSPS) is 13.0. The Labute approximate surface area is 158 Å². The van der Waals surface area contributed by atoms with Gasteiger partial charge in [-0.3, -0.25) is 4.79 Å². The number of aromatic nitrogens is 2. The minimum atomic E-state index is 0.0121. The lowest BCUT2D eigenvalue weighted by atomic mass is 10.1. The standard InChI is InChI=1S/C18H14ClN5OS/c1-24-14-3-2-10(23-13-4-5-22-17(19)12(13)9-20)8-11(14)15-16(18(24)25)26-7-6-21-15/h2-5,8,21H,6-7H2,1H3,(H,22,23). The first-order chi connectivity index (χ1) is 12.6. The fraction of sp³-hybridized carbons (Fsp3) is 0.167. The number of nitrogens with one attached hydrogen (secondary N) is 2. The van der Waals surface area contributed by atoms with E-state index in [1.54, 1.807) is 35.6 Å². The number of nitrogens with zero attached hydrogens (tertiary/aromatic N) is 3. The lowest BCUT2D eigenvalue weighted by Gasteiger charge is -2.21. The molecular weight excluding hydrogens is 370 g/mol. The topological polar surface area (TPSA) is 82.7 Å². The van der Waals surface area contributed by atoms with Crippen LogP contribution >= 0.6 is 23.4 Å². The monoisotopic (exact) mass is 383 g/mol. The van der Waals surface area contributed by atoms with E-state index >= 15 is 0 Å². The van der Waals surface area contributed by atoms with Gasteiger partial charge in [-0.25, -0.2) is 4.98 Å². The number of rotatable bonds is 2. The van der Waals surface area contributed by atoms with Gasteiger partial charge in [0.25, 0.3) is 5.56 Å². The van der Waals surface area contributed by atoms with Crippen LogP contribution in [-0.4, -0.2) is 21.8 Å². The Bertz CT molecular complexity index is 1140. The van der Waals surface area contributed by atoms with E-state index in [-0.39, 0.29) is 10.7 Å². The molecule has 1 aliphatic rings. The smallest absolute Gasteiger partial charge is 0.266 e. The quantitative estimate of drug-likeness (QED) is 0.656. The van der Waals surface area contributed by atoms with Crippen molar-refractivity contribution in [3.8, 4) is 6.07 Å².